The smallest absolute Gasteiger partial charge is 0.290 e. The van der Waals surface area contributed by atoms with Crippen molar-refractivity contribution in [1.82, 2.24) is 14.8 Å². The van der Waals surface area contributed by atoms with Gasteiger partial charge in [0.25, 0.3) is 5.91 Å². The second-order valence-electron chi connectivity index (χ2n) is 11.1. The number of benzene rings is 1. The Bertz CT molecular complexity index is 1300. The maximum Gasteiger partial charge on any atom is 0.290 e. The molecule has 5 rings (SSSR count). The Morgan fingerprint density at radius 1 is 1.06 bits per heavy atom. The number of carbonyl (C=O) groups is 2. The maximum atomic E-state index is 13.6. The van der Waals surface area contributed by atoms with Crippen molar-refractivity contribution < 1.29 is 18.4 Å². The third-order valence-corrected chi connectivity index (χ3v) is 7.43. The van der Waals surface area contributed by atoms with Crippen LogP contribution in [0.1, 0.15) is 69.5 Å². The average molecular weight is 478 g/mol. The number of hydrogen-bond acceptors (Lipinski definition) is 4. The maximum absolute atomic E-state index is 13.6. The van der Waals surface area contributed by atoms with Gasteiger partial charge in [-0.1, -0.05) is 20.8 Å². The molecule has 2 aromatic heterocycles. The van der Waals surface area contributed by atoms with Crippen LogP contribution in [0.5, 0.6) is 0 Å². The fourth-order valence-electron chi connectivity index (χ4n) is 4.97. The lowest BCUT2D eigenvalue weighted by Gasteiger charge is -2.47. The molecule has 0 spiro atoms. The molecule has 0 bridgehead atoms. The van der Waals surface area contributed by atoms with E-state index in [9.17, 15) is 14.0 Å². The topological polar surface area (TPSA) is 66.7 Å². The molecule has 3 aromatic rings. The molecule has 35 heavy (non-hydrogen) atoms. The summed E-state index contributed by atoms with van der Waals surface area (Å²) >= 11 is 0. The Morgan fingerprint density at radius 2 is 1.74 bits per heavy atom. The number of amides is 2. The third kappa shape index (κ3) is 4.21. The fraction of sp³-hybridized carbons (Fsp3) is 0.464. The van der Waals surface area contributed by atoms with E-state index in [2.05, 4.69) is 13.8 Å². The molecule has 0 unspecified atom stereocenters. The van der Waals surface area contributed by atoms with E-state index in [0.29, 0.717) is 36.4 Å². The van der Waals surface area contributed by atoms with Gasteiger partial charge in [-0.3, -0.25) is 9.59 Å². The van der Waals surface area contributed by atoms with Crippen LogP contribution in [0, 0.1) is 11.2 Å². The second kappa shape index (κ2) is 8.18. The number of hydrogen-bond donors (Lipinski definition) is 0. The van der Waals surface area contributed by atoms with Crippen molar-refractivity contribution in [2.45, 2.75) is 58.9 Å². The van der Waals surface area contributed by atoms with Crippen LogP contribution in [0.25, 0.3) is 22.4 Å². The van der Waals surface area contributed by atoms with E-state index in [-0.39, 0.29) is 34.7 Å². The van der Waals surface area contributed by atoms with E-state index in [4.69, 9.17) is 9.40 Å². The normalized spacial score (nSPS) is 18.8. The standard InChI is InChI=1S/C28H32FN3O3/c1-17(2)20-14-21(18-6-8-19(29)9-7-18)30-22-15-23(35-24(20)22)25(33)32-13-12-31(16-27(32,3)4)26(34)28(5)10-11-28/h6-9,14-15,17H,10-13,16H2,1-5H3. The second-order valence-corrected chi connectivity index (χ2v) is 11.1. The van der Waals surface area contributed by atoms with Crippen molar-refractivity contribution in [3.8, 4) is 11.3 Å². The van der Waals surface area contributed by atoms with Gasteiger partial charge >= 0.3 is 0 Å². The van der Waals surface area contributed by atoms with E-state index in [1.54, 1.807) is 23.1 Å². The van der Waals surface area contributed by atoms with Crippen LogP contribution in [0.2, 0.25) is 0 Å². The predicted octanol–water partition coefficient (Wildman–Crippen LogP) is 5.62. The molecule has 6 nitrogen and oxygen atoms in total. The molecule has 1 saturated carbocycles. The molecular weight excluding hydrogens is 445 g/mol. The highest BCUT2D eigenvalue weighted by Gasteiger charge is 2.49. The molecule has 1 aliphatic heterocycles. The monoisotopic (exact) mass is 477 g/mol. The molecule has 7 heteroatoms. The molecule has 0 atom stereocenters. The summed E-state index contributed by atoms with van der Waals surface area (Å²) in [6.45, 7) is 11.6. The van der Waals surface area contributed by atoms with Gasteiger partial charge in [0.1, 0.15) is 11.3 Å². The van der Waals surface area contributed by atoms with Crippen LogP contribution in [0.3, 0.4) is 0 Å². The number of halogens is 1. The minimum Gasteiger partial charge on any atom is -0.449 e. The number of nitrogens with zero attached hydrogens (tertiary/aromatic N) is 3. The van der Waals surface area contributed by atoms with Gasteiger partial charge in [-0.15, -0.1) is 0 Å². The number of pyridine rings is 1. The van der Waals surface area contributed by atoms with Gasteiger partial charge in [0.05, 0.1) is 11.2 Å². The number of fused-ring (bicyclic) bond motifs is 1. The summed E-state index contributed by atoms with van der Waals surface area (Å²) in [5.41, 5.74) is 2.92. The number of furan rings is 1. The Balaban J connectivity index is 1.45. The lowest BCUT2D eigenvalue weighted by atomic mass is 9.96. The molecule has 2 aliphatic rings. The molecule has 1 aliphatic carbocycles. The Kier molecular flexibility index (Phi) is 5.49. The first-order valence-electron chi connectivity index (χ1n) is 12.3. The first kappa shape index (κ1) is 23.5. The highest BCUT2D eigenvalue weighted by molar-refractivity contribution is 5.97. The first-order valence-corrected chi connectivity index (χ1v) is 12.3. The lowest BCUT2D eigenvalue weighted by molar-refractivity contribution is -0.140. The molecule has 1 aromatic carbocycles. The lowest BCUT2D eigenvalue weighted by Crippen LogP contribution is -2.62. The van der Waals surface area contributed by atoms with E-state index in [1.165, 1.54) is 12.1 Å². The summed E-state index contributed by atoms with van der Waals surface area (Å²) < 4.78 is 19.5. The first-order chi connectivity index (χ1) is 16.5. The zero-order valence-electron chi connectivity index (χ0n) is 21.0. The van der Waals surface area contributed by atoms with E-state index < -0.39 is 5.54 Å². The average Bonchev–Trinajstić information content (AvgIpc) is 3.41. The largest absolute Gasteiger partial charge is 0.449 e. The van der Waals surface area contributed by atoms with Crippen molar-refractivity contribution in [2.24, 2.45) is 5.41 Å². The van der Waals surface area contributed by atoms with Gasteiger partial charge in [-0.25, -0.2) is 9.37 Å². The Labute approximate surface area is 205 Å². The number of rotatable bonds is 4. The van der Waals surface area contributed by atoms with Crippen molar-refractivity contribution in [3.05, 3.63) is 53.5 Å². The number of aromatic nitrogens is 1. The fourth-order valence-corrected chi connectivity index (χ4v) is 4.97. The molecule has 2 amide bonds. The third-order valence-electron chi connectivity index (χ3n) is 7.43. The van der Waals surface area contributed by atoms with Gasteiger partial charge in [-0.2, -0.15) is 0 Å². The van der Waals surface area contributed by atoms with Crippen molar-refractivity contribution in [3.63, 3.8) is 0 Å². The zero-order valence-corrected chi connectivity index (χ0v) is 21.0. The van der Waals surface area contributed by atoms with Gasteiger partial charge in [0.2, 0.25) is 5.91 Å². The van der Waals surface area contributed by atoms with Gasteiger partial charge < -0.3 is 14.2 Å². The molecule has 3 heterocycles. The summed E-state index contributed by atoms with van der Waals surface area (Å²) in [7, 11) is 0. The minimum absolute atomic E-state index is 0.142. The van der Waals surface area contributed by atoms with Gasteiger partial charge in [-0.05, 0) is 62.9 Å². The highest BCUT2D eigenvalue weighted by atomic mass is 19.1. The summed E-state index contributed by atoms with van der Waals surface area (Å²) in [6, 6.07) is 9.88. The van der Waals surface area contributed by atoms with Crippen molar-refractivity contribution in [2.75, 3.05) is 19.6 Å². The Morgan fingerprint density at radius 3 is 2.34 bits per heavy atom. The summed E-state index contributed by atoms with van der Waals surface area (Å²) in [5.74, 6) is 0.0817. The van der Waals surface area contributed by atoms with Crippen LogP contribution in [-0.2, 0) is 4.79 Å². The quantitative estimate of drug-likeness (QED) is 0.489. The number of carbonyl (C=O) groups excluding carboxylic acids is 2. The van der Waals surface area contributed by atoms with Crippen LogP contribution in [-0.4, -0.2) is 51.8 Å². The van der Waals surface area contributed by atoms with Gasteiger partial charge in [0, 0.05) is 42.2 Å². The summed E-state index contributed by atoms with van der Waals surface area (Å²) in [5, 5.41) is 0. The van der Waals surface area contributed by atoms with E-state index in [1.807, 2.05) is 31.7 Å². The van der Waals surface area contributed by atoms with Crippen molar-refractivity contribution in [1.29, 1.82) is 0 Å². The van der Waals surface area contributed by atoms with E-state index in [0.717, 1.165) is 24.0 Å². The molecule has 184 valence electrons. The number of piperazine rings is 1. The summed E-state index contributed by atoms with van der Waals surface area (Å²) in [4.78, 5) is 34.9. The molecular formula is C28H32FN3O3. The molecule has 1 saturated heterocycles. The minimum atomic E-state index is -0.525. The SMILES string of the molecule is CC(C)c1cc(-c2ccc(F)cc2)nc2cc(C(=O)N3CCN(C(=O)C4(C)CC4)CC3(C)C)oc12. The Hall–Kier alpha value is -3.22. The summed E-state index contributed by atoms with van der Waals surface area (Å²) in [6.07, 6.45) is 1.88. The van der Waals surface area contributed by atoms with Crippen LogP contribution < -0.4 is 0 Å². The molecule has 0 N–H and O–H groups in total. The van der Waals surface area contributed by atoms with Gasteiger partial charge in [0.15, 0.2) is 11.3 Å². The zero-order chi connectivity index (χ0) is 25.1. The van der Waals surface area contributed by atoms with E-state index >= 15 is 0 Å². The van der Waals surface area contributed by atoms with Crippen LogP contribution >= 0.6 is 0 Å². The predicted molar refractivity (Wildman–Crippen MR) is 133 cm³/mol. The molecule has 2 fully saturated rings. The highest BCUT2D eigenvalue weighted by Crippen LogP contribution is 2.47. The van der Waals surface area contributed by atoms with Crippen LogP contribution in [0.15, 0.2) is 40.8 Å². The van der Waals surface area contributed by atoms with Crippen molar-refractivity contribution >= 4 is 22.9 Å². The van der Waals surface area contributed by atoms with Crippen LogP contribution in [0.4, 0.5) is 4.39 Å². The molecule has 0 radical (unpaired) electrons.